The maximum atomic E-state index is 15.9. The maximum Gasteiger partial charge on any atom is 0.416 e. The lowest BCUT2D eigenvalue weighted by atomic mass is 9.74. The fourth-order valence-corrected chi connectivity index (χ4v) is 7.23. The number of carbonyl (C=O) groups excluding carboxylic acids is 1. The van der Waals surface area contributed by atoms with Crippen LogP contribution in [0.3, 0.4) is 0 Å². The van der Waals surface area contributed by atoms with E-state index in [2.05, 4.69) is 15.1 Å². The van der Waals surface area contributed by atoms with E-state index in [1.165, 1.54) is 15.8 Å². The number of alkyl halides is 5. The quantitative estimate of drug-likeness (QED) is 0.360. The van der Waals surface area contributed by atoms with E-state index in [4.69, 9.17) is 4.74 Å². The highest BCUT2D eigenvalue weighted by Gasteiger charge is 2.51. The first-order chi connectivity index (χ1) is 20.0. The molecule has 0 saturated carbocycles. The van der Waals surface area contributed by atoms with Gasteiger partial charge in [0.1, 0.15) is 12.5 Å². The summed E-state index contributed by atoms with van der Waals surface area (Å²) in [5.41, 5.74) is -0.614. The molecule has 222 valence electrons. The standard InChI is InChI=1S/C30H30F5N5O2/c1-38-16-36-37-27(38)26(32)29(14-42-15-29)18-3-2-4-20(9-18)40-13-24-23(28(40)41)7-17(8-25(24)30(33,34)35)12-39-21-5-6-22(39)11-19(31)10-21/h2-4,7-9,16,19,21-22,26H,5-6,10-15H2,1H3/t19?,21?,22?,26-/m1/s1. The molecule has 3 aromatic rings. The van der Waals surface area contributed by atoms with E-state index in [0.717, 1.165) is 18.9 Å². The number of benzene rings is 2. The Bertz CT molecular complexity index is 1520. The zero-order chi connectivity index (χ0) is 29.4. The molecule has 2 unspecified atom stereocenters. The van der Waals surface area contributed by atoms with Gasteiger partial charge in [0.2, 0.25) is 0 Å². The van der Waals surface area contributed by atoms with Crippen molar-refractivity contribution in [1.82, 2.24) is 19.7 Å². The van der Waals surface area contributed by atoms with E-state index in [0.29, 0.717) is 29.7 Å². The van der Waals surface area contributed by atoms with E-state index < -0.39 is 35.4 Å². The average molecular weight is 588 g/mol. The zero-order valence-corrected chi connectivity index (χ0v) is 23.0. The van der Waals surface area contributed by atoms with Gasteiger partial charge in [-0.1, -0.05) is 12.1 Å². The van der Waals surface area contributed by atoms with E-state index in [1.54, 1.807) is 37.4 Å². The predicted octanol–water partition coefficient (Wildman–Crippen LogP) is 5.44. The molecule has 3 atom stereocenters. The van der Waals surface area contributed by atoms with Crippen LogP contribution in [-0.2, 0) is 36.5 Å². The van der Waals surface area contributed by atoms with Crippen LogP contribution >= 0.6 is 0 Å². The second-order valence-electron chi connectivity index (χ2n) is 12.0. The van der Waals surface area contributed by atoms with Crippen LogP contribution in [0.15, 0.2) is 42.7 Å². The molecule has 0 radical (unpaired) electrons. The Balaban J connectivity index is 1.21. The summed E-state index contributed by atoms with van der Waals surface area (Å²) in [5, 5.41) is 7.69. The Morgan fingerprint density at radius 1 is 1.12 bits per heavy atom. The number of nitrogens with zero attached hydrogens (tertiary/aromatic N) is 5. The van der Waals surface area contributed by atoms with Crippen LogP contribution < -0.4 is 4.90 Å². The van der Waals surface area contributed by atoms with Crippen molar-refractivity contribution in [3.8, 4) is 0 Å². The fraction of sp³-hybridized carbons (Fsp3) is 0.500. The molecule has 4 aliphatic rings. The highest BCUT2D eigenvalue weighted by Crippen LogP contribution is 2.47. The molecule has 5 heterocycles. The van der Waals surface area contributed by atoms with Crippen molar-refractivity contribution in [2.75, 3.05) is 18.1 Å². The number of hydrogen-bond acceptors (Lipinski definition) is 5. The molecule has 1 amide bonds. The number of amides is 1. The number of fused-ring (bicyclic) bond motifs is 3. The van der Waals surface area contributed by atoms with Gasteiger partial charge in [0, 0.05) is 36.9 Å². The van der Waals surface area contributed by atoms with Gasteiger partial charge in [0.25, 0.3) is 5.91 Å². The monoisotopic (exact) mass is 587 g/mol. The van der Waals surface area contributed by atoms with Crippen LogP contribution in [0, 0.1) is 0 Å². The normalized spacial score (nSPS) is 25.9. The number of anilines is 1. The molecule has 7 rings (SSSR count). The Hall–Kier alpha value is -3.38. The SMILES string of the molecule is Cn1cnnc1[C@@H](F)C1(c2cccc(N3Cc4c(cc(CN5C6CCC5CC(F)C6)cc4C(F)(F)F)C3=O)c2)COC1. The zero-order valence-electron chi connectivity index (χ0n) is 23.0. The lowest BCUT2D eigenvalue weighted by molar-refractivity contribution is -0.138. The van der Waals surface area contributed by atoms with E-state index in [9.17, 15) is 22.4 Å². The molecular weight excluding hydrogens is 557 g/mol. The van der Waals surface area contributed by atoms with Crippen molar-refractivity contribution < 1.29 is 31.5 Å². The van der Waals surface area contributed by atoms with Crippen molar-refractivity contribution in [1.29, 1.82) is 0 Å². The minimum absolute atomic E-state index is 0.0000336. The molecular formula is C30H30F5N5O2. The molecule has 3 fully saturated rings. The van der Waals surface area contributed by atoms with Gasteiger partial charge < -0.3 is 14.2 Å². The summed E-state index contributed by atoms with van der Waals surface area (Å²) in [6, 6.07) is 9.40. The molecule has 12 heteroatoms. The summed E-state index contributed by atoms with van der Waals surface area (Å²) in [5.74, 6) is -0.399. The third-order valence-corrected chi connectivity index (χ3v) is 9.51. The van der Waals surface area contributed by atoms with Crippen LogP contribution in [0.2, 0.25) is 0 Å². The number of aryl methyl sites for hydroxylation is 1. The molecule has 4 aliphatic heterocycles. The van der Waals surface area contributed by atoms with Crippen LogP contribution in [0.5, 0.6) is 0 Å². The topological polar surface area (TPSA) is 63.5 Å². The Labute approximate surface area is 239 Å². The van der Waals surface area contributed by atoms with E-state index in [1.807, 2.05) is 0 Å². The molecule has 0 spiro atoms. The summed E-state index contributed by atoms with van der Waals surface area (Å²) in [7, 11) is 1.64. The summed E-state index contributed by atoms with van der Waals surface area (Å²) in [6.07, 6.45) is -3.24. The minimum Gasteiger partial charge on any atom is -0.379 e. The van der Waals surface area contributed by atoms with Gasteiger partial charge in [-0.3, -0.25) is 9.69 Å². The lowest BCUT2D eigenvalue weighted by Crippen LogP contribution is -2.50. The third-order valence-electron chi connectivity index (χ3n) is 9.51. The summed E-state index contributed by atoms with van der Waals surface area (Å²) < 4.78 is 79.9. The van der Waals surface area contributed by atoms with Crippen LogP contribution in [0.4, 0.5) is 27.6 Å². The van der Waals surface area contributed by atoms with E-state index >= 15 is 4.39 Å². The molecule has 0 N–H and O–H groups in total. The van der Waals surface area contributed by atoms with Gasteiger partial charge in [0.05, 0.1) is 30.7 Å². The fourth-order valence-electron chi connectivity index (χ4n) is 7.23. The Morgan fingerprint density at radius 2 is 1.86 bits per heavy atom. The van der Waals surface area contributed by atoms with Crippen LogP contribution in [0.1, 0.15) is 70.3 Å². The first kappa shape index (κ1) is 27.5. The van der Waals surface area contributed by atoms with E-state index in [-0.39, 0.29) is 55.3 Å². The van der Waals surface area contributed by atoms with Gasteiger partial charge in [-0.25, -0.2) is 8.78 Å². The predicted molar refractivity (Wildman–Crippen MR) is 142 cm³/mol. The first-order valence-corrected chi connectivity index (χ1v) is 14.2. The Kier molecular flexibility index (Phi) is 6.43. The van der Waals surface area contributed by atoms with Gasteiger partial charge in [-0.2, -0.15) is 13.2 Å². The highest BCUT2D eigenvalue weighted by atomic mass is 19.4. The highest BCUT2D eigenvalue weighted by molar-refractivity contribution is 6.10. The second kappa shape index (κ2) is 9.84. The molecule has 1 aromatic heterocycles. The van der Waals surface area contributed by atoms with Crippen LogP contribution in [0.25, 0.3) is 0 Å². The van der Waals surface area contributed by atoms with Crippen LogP contribution in [-0.4, -0.2) is 57.0 Å². The van der Waals surface area contributed by atoms with Crippen molar-refractivity contribution in [3.63, 3.8) is 0 Å². The number of carbonyl (C=O) groups is 1. The van der Waals surface area contributed by atoms with Crippen molar-refractivity contribution in [2.24, 2.45) is 7.05 Å². The molecule has 3 saturated heterocycles. The summed E-state index contributed by atoms with van der Waals surface area (Å²) in [6.45, 7) is 0.157. The lowest BCUT2D eigenvalue weighted by Gasteiger charge is -2.43. The molecule has 0 aliphatic carbocycles. The van der Waals surface area contributed by atoms with Crippen molar-refractivity contribution in [3.05, 3.63) is 76.4 Å². The summed E-state index contributed by atoms with van der Waals surface area (Å²) in [4.78, 5) is 17.1. The largest absolute Gasteiger partial charge is 0.416 e. The number of rotatable bonds is 6. The molecule has 2 bridgehead atoms. The van der Waals surface area contributed by atoms with Crippen molar-refractivity contribution in [2.45, 2.75) is 74.8 Å². The van der Waals surface area contributed by atoms with Gasteiger partial charge in [-0.05, 0) is 66.6 Å². The minimum atomic E-state index is -4.66. The maximum absolute atomic E-state index is 15.9. The number of hydrogen-bond donors (Lipinski definition) is 0. The van der Waals surface area contributed by atoms with Gasteiger partial charge >= 0.3 is 6.18 Å². The average Bonchev–Trinajstić information content (AvgIpc) is 3.56. The van der Waals surface area contributed by atoms with Gasteiger partial charge in [-0.15, -0.1) is 10.2 Å². The number of halogens is 5. The number of ether oxygens (including phenoxy) is 1. The summed E-state index contributed by atoms with van der Waals surface area (Å²) >= 11 is 0. The second-order valence-corrected chi connectivity index (χ2v) is 12.0. The first-order valence-electron chi connectivity index (χ1n) is 14.2. The smallest absolute Gasteiger partial charge is 0.379 e. The number of piperidine rings is 1. The Morgan fingerprint density at radius 3 is 2.48 bits per heavy atom. The molecule has 7 nitrogen and oxygen atoms in total. The molecule has 2 aromatic carbocycles. The molecule has 42 heavy (non-hydrogen) atoms. The number of aromatic nitrogens is 3. The third kappa shape index (κ3) is 4.33. The van der Waals surface area contributed by atoms with Crippen molar-refractivity contribution >= 4 is 11.6 Å². The van der Waals surface area contributed by atoms with Gasteiger partial charge in [0.15, 0.2) is 12.0 Å².